The van der Waals surface area contributed by atoms with E-state index in [0.717, 1.165) is 48.3 Å². The number of carbonyl (C=O) groups excluding carboxylic acids is 1. The number of aliphatic hydroxyl groups is 1. The predicted octanol–water partition coefficient (Wildman–Crippen LogP) is 4.18. The number of aliphatic hydroxyl groups excluding tert-OH is 1. The second kappa shape index (κ2) is 11.1. The number of alkyl halides is 2. The number of hydrogen-bond acceptors (Lipinski definition) is 6. The lowest BCUT2D eigenvalue weighted by molar-refractivity contribution is -0.155. The standard InChI is InChI=1S/C31H33F2N3O4/c32-31(33,24-16-20-6-7-21(15-23(20)17-24)25-5-1-2-10-34-25)30(38)35-26(19-36-11-3-4-12-36)29(37)22-8-9-27-28(18-22)40-14-13-39-27/h1-2,5-10,15,18,24,26,29,37H,3-4,11-14,16-17,19H2,(H,35,38). The van der Waals surface area contributed by atoms with Crippen molar-refractivity contribution in [2.75, 3.05) is 32.8 Å². The fourth-order valence-corrected chi connectivity index (χ4v) is 5.96. The molecule has 0 radical (unpaired) electrons. The van der Waals surface area contributed by atoms with Gasteiger partial charge in [-0.15, -0.1) is 0 Å². The first-order valence-corrected chi connectivity index (χ1v) is 13.9. The van der Waals surface area contributed by atoms with E-state index in [1.807, 2.05) is 36.4 Å². The number of rotatable bonds is 8. The van der Waals surface area contributed by atoms with E-state index in [-0.39, 0.29) is 19.4 Å². The summed E-state index contributed by atoms with van der Waals surface area (Å²) in [4.78, 5) is 19.6. The Bertz CT molecular complexity index is 1360. The number of likely N-dealkylation sites (tertiary alicyclic amines) is 1. The Hall–Kier alpha value is -3.56. The summed E-state index contributed by atoms with van der Waals surface area (Å²) in [6.45, 7) is 2.70. The van der Waals surface area contributed by atoms with Crippen LogP contribution in [-0.2, 0) is 17.6 Å². The summed E-state index contributed by atoms with van der Waals surface area (Å²) in [5.74, 6) is -5.06. The highest BCUT2D eigenvalue weighted by molar-refractivity contribution is 5.84. The number of carbonyl (C=O) groups is 1. The molecule has 1 fully saturated rings. The van der Waals surface area contributed by atoms with Crippen LogP contribution in [0.15, 0.2) is 60.8 Å². The molecule has 1 aliphatic carbocycles. The van der Waals surface area contributed by atoms with E-state index in [1.54, 1.807) is 24.4 Å². The minimum atomic E-state index is -3.61. The fourth-order valence-electron chi connectivity index (χ4n) is 5.96. The van der Waals surface area contributed by atoms with Crippen LogP contribution >= 0.6 is 0 Å². The predicted molar refractivity (Wildman–Crippen MR) is 146 cm³/mol. The molecule has 2 N–H and O–H groups in total. The largest absolute Gasteiger partial charge is 0.486 e. The SMILES string of the molecule is O=C(NC(CN1CCCC1)C(O)c1ccc2c(c1)OCCO2)C(F)(F)C1Cc2ccc(-c3ccccn3)cc2C1. The topological polar surface area (TPSA) is 83.9 Å². The third kappa shape index (κ3) is 5.40. The van der Waals surface area contributed by atoms with Gasteiger partial charge in [0.25, 0.3) is 5.91 Å². The lowest BCUT2D eigenvalue weighted by atomic mass is 9.95. The number of fused-ring (bicyclic) bond motifs is 2. The summed E-state index contributed by atoms with van der Waals surface area (Å²) < 4.78 is 42.6. The van der Waals surface area contributed by atoms with Crippen molar-refractivity contribution in [3.63, 3.8) is 0 Å². The number of nitrogens with zero attached hydrogens (tertiary/aromatic N) is 2. The molecule has 210 valence electrons. The fraction of sp³-hybridized carbons (Fsp3) is 0.419. The lowest BCUT2D eigenvalue weighted by Gasteiger charge is -2.31. The molecule has 0 bridgehead atoms. The Kier molecular flexibility index (Phi) is 7.42. The van der Waals surface area contributed by atoms with Gasteiger partial charge in [-0.1, -0.05) is 24.3 Å². The highest BCUT2D eigenvalue weighted by Gasteiger charge is 2.50. The maximum absolute atomic E-state index is 15.7. The van der Waals surface area contributed by atoms with Gasteiger partial charge < -0.3 is 24.8 Å². The zero-order chi connectivity index (χ0) is 27.7. The van der Waals surface area contributed by atoms with Crippen molar-refractivity contribution < 1.29 is 28.2 Å². The average Bonchev–Trinajstić information content (AvgIpc) is 3.66. The number of amides is 1. The van der Waals surface area contributed by atoms with Gasteiger partial charge in [0.2, 0.25) is 0 Å². The number of hydrogen-bond donors (Lipinski definition) is 2. The van der Waals surface area contributed by atoms with E-state index in [0.29, 0.717) is 30.3 Å². The third-order valence-electron chi connectivity index (χ3n) is 8.17. The zero-order valence-corrected chi connectivity index (χ0v) is 22.2. The molecule has 6 rings (SSSR count). The molecule has 1 aromatic heterocycles. The molecule has 9 heteroatoms. The van der Waals surface area contributed by atoms with E-state index >= 15 is 8.78 Å². The van der Waals surface area contributed by atoms with Crippen molar-refractivity contribution in [2.24, 2.45) is 5.92 Å². The second-order valence-electron chi connectivity index (χ2n) is 10.9. The summed E-state index contributed by atoms with van der Waals surface area (Å²) in [5.41, 5.74) is 3.75. The molecule has 2 aromatic carbocycles. The number of ether oxygens (including phenoxy) is 2. The van der Waals surface area contributed by atoms with Gasteiger partial charge in [0.15, 0.2) is 11.5 Å². The first-order chi connectivity index (χ1) is 19.4. The Morgan fingerprint density at radius 3 is 2.58 bits per heavy atom. The number of aromatic nitrogens is 1. The van der Waals surface area contributed by atoms with Crippen LogP contribution < -0.4 is 14.8 Å². The second-order valence-corrected chi connectivity index (χ2v) is 10.9. The van der Waals surface area contributed by atoms with Crippen LogP contribution in [0.3, 0.4) is 0 Å². The molecule has 1 amide bonds. The molecule has 3 aliphatic rings. The van der Waals surface area contributed by atoms with E-state index in [2.05, 4.69) is 15.2 Å². The van der Waals surface area contributed by atoms with E-state index in [9.17, 15) is 9.90 Å². The molecule has 3 atom stereocenters. The Balaban J connectivity index is 1.19. The minimum Gasteiger partial charge on any atom is -0.486 e. The summed E-state index contributed by atoms with van der Waals surface area (Å²) >= 11 is 0. The van der Waals surface area contributed by atoms with Gasteiger partial charge in [0.05, 0.1) is 11.7 Å². The summed E-state index contributed by atoms with van der Waals surface area (Å²) in [5, 5.41) is 13.9. The number of halogens is 2. The van der Waals surface area contributed by atoms with Crippen molar-refractivity contribution in [1.29, 1.82) is 0 Å². The van der Waals surface area contributed by atoms with Gasteiger partial charge in [-0.3, -0.25) is 9.78 Å². The number of pyridine rings is 1. The van der Waals surface area contributed by atoms with E-state index in [4.69, 9.17) is 9.47 Å². The molecular formula is C31H33F2N3O4. The molecular weight excluding hydrogens is 516 g/mol. The Labute approximate surface area is 232 Å². The monoisotopic (exact) mass is 549 g/mol. The van der Waals surface area contributed by atoms with Crippen LogP contribution in [0.5, 0.6) is 11.5 Å². The highest BCUT2D eigenvalue weighted by Crippen LogP contribution is 2.39. The Morgan fingerprint density at radius 1 is 1.02 bits per heavy atom. The van der Waals surface area contributed by atoms with E-state index < -0.39 is 29.9 Å². The van der Waals surface area contributed by atoms with Crippen molar-refractivity contribution >= 4 is 5.91 Å². The van der Waals surface area contributed by atoms with E-state index in [1.165, 1.54) is 0 Å². The molecule has 3 heterocycles. The third-order valence-corrected chi connectivity index (χ3v) is 8.17. The van der Waals surface area contributed by atoms with Crippen molar-refractivity contribution in [3.05, 3.63) is 77.5 Å². The molecule has 7 nitrogen and oxygen atoms in total. The first-order valence-electron chi connectivity index (χ1n) is 13.9. The van der Waals surface area contributed by atoms with Crippen LogP contribution in [0.2, 0.25) is 0 Å². The summed E-state index contributed by atoms with van der Waals surface area (Å²) in [6.07, 6.45) is 2.70. The van der Waals surface area contributed by atoms with Crippen molar-refractivity contribution in [1.82, 2.24) is 15.2 Å². The van der Waals surface area contributed by atoms with Crippen molar-refractivity contribution in [3.8, 4) is 22.8 Å². The normalized spacial score (nSPS) is 20.1. The van der Waals surface area contributed by atoms with Crippen LogP contribution in [0, 0.1) is 5.92 Å². The zero-order valence-electron chi connectivity index (χ0n) is 22.2. The van der Waals surface area contributed by atoms with Crippen molar-refractivity contribution in [2.45, 2.75) is 43.8 Å². The van der Waals surface area contributed by atoms with Gasteiger partial charge in [0.1, 0.15) is 19.3 Å². The van der Waals surface area contributed by atoms with Gasteiger partial charge >= 0.3 is 5.92 Å². The number of benzene rings is 2. The maximum Gasteiger partial charge on any atom is 0.327 e. The quantitative estimate of drug-likeness (QED) is 0.439. The molecule has 1 saturated heterocycles. The minimum absolute atomic E-state index is 0.0952. The van der Waals surface area contributed by atoms with Gasteiger partial charge in [-0.05, 0) is 85.8 Å². The highest BCUT2D eigenvalue weighted by atomic mass is 19.3. The lowest BCUT2D eigenvalue weighted by Crippen LogP contribution is -2.54. The Morgan fingerprint density at radius 2 is 1.80 bits per heavy atom. The number of nitrogens with one attached hydrogen (secondary N) is 1. The molecule has 2 aliphatic heterocycles. The average molecular weight is 550 g/mol. The molecule has 0 spiro atoms. The maximum atomic E-state index is 15.7. The van der Waals surface area contributed by atoms with Crippen LogP contribution in [0.1, 0.15) is 35.6 Å². The summed E-state index contributed by atoms with van der Waals surface area (Å²) in [7, 11) is 0. The smallest absolute Gasteiger partial charge is 0.327 e. The van der Waals surface area contributed by atoms with Crippen LogP contribution in [0.25, 0.3) is 11.3 Å². The summed E-state index contributed by atoms with van der Waals surface area (Å²) in [6, 6.07) is 15.4. The van der Waals surface area contributed by atoms with Gasteiger partial charge in [0, 0.05) is 24.2 Å². The molecule has 0 saturated carbocycles. The van der Waals surface area contributed by atoms with Crippen LogP contribution in [-0.4, -0.2) is 65.7 Å². The van der Waals surface area contributed by atoms with Crippen LogP contribution in [0.4, 0.5) is 8.78 Å². The molecule has 3 unspecified atom stereocenters. The van der Waals surface area contributed by atoms with Gasteiger partial charge in [-0.25, -0.2) is 0 Å². The first kappa shape index (κ1) is 26.7. The molecule has 3 aromatic rings. The van der Waals surface area contributed by atoms with Gasteiger partial charge in [-0.2, -0.15) is 8.78 Å². The molecule has 40 heavy (non-hydrogen) atoms.